The summed E-state index contributed by atoms with van der Waals surface area (Å²) in [4.78, 5) is 29.1. The molecule has 1 aliphatic heterocycles. The summed E-state index contributed by atoms with van der Waals surface area (Å²) in [6.45, 7) is 7.19. The van der Waals surface area contributed by atoms with E-state index in [0.717, 1.165) is 11.1 Å². The minimum absolute atomic E-state index is 0.187. The van der Waals surface area contributed by atoms with E-state index in [1.807, 2.05) is 49.2 Å². The maximum atomic E-state index is 13.2. The summed E-state index contributed by atoms with van der Waals surface area (Å²) in [6.07, 6.45) is 0.512. The zero-order chi connectivity index (χ0) is 20.3. The van der Waals surface area contributed by atoms with Crippen LogP contribution in [-0.4, -0.2) is 35.5 Å². The summed E-state index contributed by atoms with van der Waals surface area (Å²) in [5.41, 5.74) is 2.31. The number of imide groups is 1. The highest BCUT2D eigenvalue weighted by Gasteiger charge is 2.51. The summed E-state index contributed by atoms with van der Waals surface area (Å²) >= 11 is 0. The van der Waals surface area contributed by atoms with Crippen molar-refractivity contribution in [1.29, 1.82) is 0 Å². The van der Waals surface area contributed by atoms with Crippen LogP contribution in [0.15, 0.2) is 54.6 Å². The van der Waals surface area contributed by atoms with Crippen LogP contribution < -0.4 is 5.32 Å². The maximum absolute atomic E-state index is 13.2. The summed E-state index contributed by atoms with van der Waals surface area (Å²) < 4.78 is 0. The fraction of sp³-hybridized carbons (Fsp3) is 0.391. The van der Waals surface area contributed by atoms with E-state index in [1.165, 1.54) is 10.5 Å². The van der Waals surface area contributed by atoms with Gasteiger partial charge in [0.15, 0.2) is 0 Å². The van der Waals surface area contributed by atoms with Gasteiger partial charge in [-0.15, -0.1) is 0 Å². The second kappa shape index (κ2) is 8.15. The van der Waals surface area contributed by atoms with Gasteiger partial charge in [0.25, 0.3) is 5.91 Å². The highest BCUT2D eigenvalue weighted by molar-refractivity contribution is 6.07. The number of nitrogens with zero attached hydrogens (tertiary/aromatic N) is 2. The minimum Gasteiger partial charge on any atom is -0.319 e. The molecule has 5 nitrogen and oxygen atoms in total. The minimum atomic E-state index is -0.974. The lowest BCUT2D eigenvalue weighted by atomic mass is 9.87. The van der Waals surface area contributed by atoms with Crippen LogP contribution in [0.2, 0.25) is 0 Å². The number of nitrogens with one attached hydrogen (secondary N) is 1. The van der Waals surface area contributed by atoms with E-state index in [2.05, 4.69) is 43.4 Å². The predicted octanol–water partition coefficient (Wildman–Crippen LogP) is 4.06. The molecule has 3 amide bonds. The number of hydrogen-bond donors (Lipinski definition) is 1. The number of hydrogen-bond acceptors (Lipinski definition) is 3. The third kappa shape index (κ3) is 3.80. The molecule has 0 radical (unpaired) electrons. The molecule has 3 rings (SSSR count). The fourth-order valence-corrected chi connectivity index (χ4v) is 3.73. The molecule has 5 heteroatoms. The van der Waals surface area contributed by atoms with Crippen LogP contribution in [-0.2, 0) is 16.9 Å². The Morgan fingerprint density at radius 2 is 1.68 bits per heavy atom. The molecule has 0 spiro atoms. The Labute approximate surface area is 167 Å². The Kier molecular flexibility index (Phi) is 5.84. The molecule has 1 N–H and O–H groups in total. The van der Waals surface area contributed by atoms with Gasteiger partial charge in [0.2, 0.25) is 0 Å². The van der Waals surface area contributed by atoms with Crippen molar-refractivity contribution in [2.45, 2.75) is 45.2 Å². The van der Waals surface area contributed by atoms with Gasteiger partial charge in [-0.3, -0.25) is 9.69 Å². The molecule has 2 aromatic carbocycles. The zero-order valence-corrected chi connectivity index (χ0v) is 17.1. The van der Waals surface area contributed by atoms with Crippen molar-refractivity contribution < 1.29 is 9.59 Å². The van der Waals surface area contributed by atoms with Gasteiger partial charge in [-0.2, -0.15) is 0 Å². The highest BCUT2D eigenvalue weighted by atomic mass is 16.2. The maximum Gasteiger partial charge on any atom is 0.326 e. The first-order valence-corrected chi connectivity index (χ1v) is 9.84. The van der Waals surface area contributed by atoms with Crippen molar-refractivity contribution in [3.8, 4) is 0 Å². The van der Waals surface area contributed by atoms with E-state index in [0.29, 0.717) is 18.9 Å². The molecule has 1 heterocycles. The molecule has 28 heavy (non-hydrogen) atoms. The number of benzene rings is 2. The molecule has 0 bridgehead atoms. The van der Waals surface area contributed by atoms with E-state index < -0.39 is 5.54 Å². The lowest BCUT2D eigenvalue weighted by Gasteiger charge is -2.27. The van der Waals surface area contributed by atoms with Crippen molar-refractivity contribution in [3.63, 3.8) is 0 Å². The number of urea groups is 1. The second-order valence-corrected chi connectivity index (χ2v) is 7.84. The van der Waals surface area contributed by atoms with Crippen molar-refractivity contribution in [2.75, 3.05) is 13.7 Å². The van der Waals surface area contributed by atoms with Crippen LogP contribution in [0.5, 0.6) is 0 Å². The Morgan fingerprint density at radius 1 is 1.04 bits per heavy atom. The Balaban J connectivity index is 1.71. The van der Waals surface area contributed by atoms with Crippen LogP contribution in [0, 0.1) is 0 Å². The molecular formula is C23H29N3O2. The number of carbonyl (C=O) groups excluding carboxylic acids is 2. The third-order valence-corrected chi connectivity index (χ3v) is 5.45. The summed E-state index contributed by atoms with van der Waals surface area (Å²) in [6, 6.07) is 17.6. The third-order valence-electron chi connectivity index (χ3n) is 5.45. The lowest BCUT2D eigenvalue weighted by molar-refractivity contribution is -0.133. The average molecular weight is 380 g/mol. The van der Waals surface area contributed by atoms with E-state index in [1.54, 1.807) is 0 Å². The first kappa shape index (κ1) is 20.1. The van der Waals surface area contributed by atoms with Crippen molar-refractivity contribution >= 4 is 11.9 Å². The lowest BCUT2D eigenvalue weighted by Crippen LogP contribution is -2.44. The van der Waals surface area contributed by atoms with Gasteiger partial charge in [0.1, 0.15) is 5.54 Å². The number of amides is 3. The van der Waals surface area contributed by atoms with Crippen LogP contribution in [0.3, 0.4) is 0 Å². The van der Waals surface area contributed by atoms with Gasteiger partial charge in [-0.1, -0.05) is 75.4 Å². The molecule has 1 atom stereocenters. The van der Waals surface area contributed by atoms with Gasteiger partial charge in [-0.05, 0) is 36.1 Å². The molecule has 1 aliphatic rings. The molecule has 0 unspecified atom stereocenters. The average Bonchev–Trinajstić information content (AvgIpc) is 2.94. The van der Waals surface area contributed by atoms with Crippen molar-refractivity contribution in [3.05, 3.63) is 71.3 Å². The molecule has 0 aliphatic carbocycles. The summed E-state index contributed by atoms with van der Waals surface area (Å²) in [7, 11) is 1.92. The molecule has 148 valence electrons. The Hall–Kier alpha value is -2.66. The number of rotatable bonds is 7. The molecule has 0 aromatic heterocycles. The van der Waals surface area contributed by atoms with Crippen molar-refractivity contribution in [1.82, 2.24) is 15.1 Å². The molecule has 0 saturated carbocycles. The molecule has 2 aromatic rings. The zero-order valence-electron chi connectivity index (χ0n) is 17.1. The number of carbonyl (C=O) groups is 2. The van der Waals surface area contributed by atoms with Gasteiger partial charge < -0.3 is 5.32 Å². The Morgan fingerprint density at radius 3 is 2.25 bits per heavy atom. The van der Waals surface area contributed by atoms with Gasteiger partial charge >= 0.3 is 6.03 Å². The SMILES string of the molecule is CC[C@]1(c2ccccc2)NC(=O)N(CN(C)Cc2ccc(C(C)C)cc2)C1=O. The van der Waals surface area contributed by atoms with Gasteiger partial charge in [0, 0.05) is 6.54 Å². The second-order valence-electron chi connectivity index (χ2n) is 7.84. The van der Waals surface area contributed by atoms with Crippen molar-refractivity contribution in [2.24, 2.45) is 0 Å². The standard InChI is InChI=1S/C23H29N3O2/c1-5-23(20-9-7-6-8-10-20)21(27)26(22(28)24-23)16-25(4)15-18-11-13-19(14-12-18)17(2)3/h6-14,17H,5,15-16H2,1-4H3,(H,24,28)/t23-/m1/s1. The van der Waals surface area contributed by atoms with Gasteiger partial charge in [0.05, 0.1) is 6.67 Å². The summed E-state index contributed by atoms with van der Waals surface area (Å²) in [5.74, 6) is 0.311. The highest BCUT2D eigenvalue weighted by Crippen LogP contribution is 2.32. The van der Waals surface area contributed by atoms with Crippen LogP contribution in [0.4, 0.5) is 4.79 Å². The first-order chi connectivity index (χ1) is 13.4. The quantitative estimate of drug-likeness (QED) is 0.738. The van der Waals surface area contributed by atoms with E-state index in [4.69, 9.17) is 0 Å². The smallest absolute Gasteiger partial charge is 0.319 e. The monoisotopic (exact) mass is 379 g/mol. The van der Waals surface area contributed by atoms with Crippen LogP contribution in [0.1, 0.15) is 49.8 Å². The normalized spacial score (nSPS) is 19.6. The van der Waals surface area contributed by atoms with E-state index >= 15 is 0 Å². The predicted molar refractivity (Wildman–Crippen MR) is 111 cm³/mol. The molecular weight excluding hydrogens is 350 g/mol. The first-order valence-electron chi connectivity index (χ1n) is 9.84. The topological polar surface area (TPSA) is 52.7 Å². The molecule has 1 fully saturated rings. The Bertz CT molecular complexity index is 833. The fourth-order valence-electron chi connectivity index (χ4n) is 3.73. The van der Waals surface area contributed by atoms with Crippen LogP contribution in [0.25, 0.3) is 0 Å². The van der Waals surface area contributed by atoms with Gasteiger partial charge in [-0.25, -0.2) is 9.69 Å². The van der Waals surface area contributed by atoms with Crippen LogP contribution >= 0.6 is 0 Å². The molecule has 1 saturated heterocycles. The largest absolute Gasteiger partial charge is 0.326 e. The van der Waals surface area contributed by atoms with E-state index in [-0.39, 0.29) is 18.6 Å². The van der Waals surface area contributed by atoms with E-state index in [9.17, 15) is 9.59 Å². The summed E-state index contributed by atoms with van der Waals surface area (Å²) in [5, 5.41) is 2.93.